The zero-order valence-corrected chi connectivity index (χ0v) is 20.4. The maximum Gasteiger partial charge on any atom is 0.167 e. The Morgan fingerprint density at radius 3 is 1.75 bits per heavy atom. The molecule has 32 heavy (non-hydrogen) atoms. The minimum atomic E-state index is -1.65. The van der Waals surface area contributed by atoms with E-state index in [0.29, 0.717) is 16.7 Å². The van der Waals surface area contributed by atoms with E-state index in [0.717, 1.165) is 25.3 Å². The van der Waals surface area contributed by atoms with Crippen LogP contribution in [0.15, 0.2) is 60.7 Å². The second kappa shape index (κ2) is 11.0. The fraction of sp³-hybridized carbons (Fsp3) is 0.357. The first-order valence-corrected chi connectivity index (χ1v) is 14.9. The molecule has 0 saturated heterocycles. The molecule has 0 aliphatic heterocycles. The lowest BCUT2D eigenvalue weighted by atomic mass is 9.97. The first-order valence-electron chi connectivity index (χ1n) is 11.7. The number of rotatable bonds is 10. The van der Waals surface area contributed by atoms with Crippen LogP contribution in [-0.2, 0) is 6.42 Å². The van der Waals surface area contributed by atoms with Crippen LogP contribution in [0.5, 0.6) is 0 Å². The average Bonchev–Trinajstić information content (AvgIpc) is 2.80. The highest BCUT2D eigenvalue weighted by molar-refractivity contribution is 6.89. The molecule has 0 fully saturated rings. The molecule has 1 nitrogen and oxygen atoms in total. The molecule has 0 atom stereocenters. The van der Waals surface area contributed by atoms with E-state index in [9.17, 15) is 4.39 Å². The fourth-order valence-electron chi connectivity index (χ4n) is 4.19. The third kappa shape index (κ3) is 5.73. The molecule has 4 heteroatoms. The van der Waals surface area contributed by atoms with E-state index < -0.39 is 19.7 Å². The molecule has 1 N–H and O–H groups in total. The van der Waals surface area contributed by atoms with Crippen LogP contribution >= 0.6 is 0 Å². The zero-order valence-electron chi connectivity index (χ0n) is 19.4. The van der Waals surface area contributed by atoms with Crippen LogP contribution in [-0.4, -0.2) is 19.8 Å². The Morgan fingerprint density at radius 2 is 1.25 bits per heavy atom. The Labute approximate surface area is 192 Å². The number of halogens is 2. The molecule has 3 aromatic carbocycles. The summed E-state index contributed by atoms with van der Waals surface area (Å²) in [6.07, 6.45) is 5.34. The summed E-state index contributed by atoms with van der Waals surface area (Å²) < 4.78 is 30.0. The Balaban J connectivity index is 1.81. The topological polar surface area (TPSA) is 20.2 Å². The Bertz CT molecular complexity index is 1010. The highest BCUT2D eigenvalue weighted by atomic mass is 28.3. The Hall–Kier alpha value is -2.30. The molecule has 0 aromatic heterocycles. The number of hydrogen-bond acceptors (Lipinski definition) is 1. The van der Waals surface area contributed by atoms with Gasteiger partial charge in [-0.2, -0.15) is 0 Å². The van der Waals surface area contributed by atoms with Crippen molar-refractivity contribution in [1.29, 1.82) is 0 Å². The molecule has 0 radical (unpaired) electrons. The van der Waals surface area contributed by atoms with E-state index in [1.54, 1.807) is 12.1 Å². The summed E-state index contributed by atoms with van der Waals surface area (Å²) in [7, 11) is -1.65. The second-order valence-electron chi connectivity index (χ2n) is 9.23. The second-order valence-corrected chi connectivity index (χ2v) is 14.1. The molecule has 3 rings (SSSR count). The van der Waals surface area contributed by atoms with Gasteiger partial charge in [0.25, 0.3) is 0 Å². The maximum atomic E-state index is 15.0. The molecule has 0 spiro atoms. The standard InChI is InChI=1S/C28H34F2OSi/c1-4-5-6-8-21-9-11-22(12-10-21)25-17-18-26(28(30)27(25)29)23-13-15-24(16-14-23)32(2,3)20-7-19-31/h9-18,31H,4-8,19-20H2,1-3H3. The molecule has 0 saturated carbocycles. The first-order chi connectivity index (χ1) is 15.4. The van der Waals surface area contributed by atoms with E-state index in [1.165, 1.54) is 23.6 Å². The number of hydrogen-bond donors (Lipinski definition) is 1. The lowest BCUT2D eigenvalue weighted by Crippen LogP contribution is -2.41. The summed E-state index contributed by atoms with van der Waals surface area (Å²) in [6.45, 7) is 6.91. The van der Waals surface area contributed by atoms with Crippen molar-refractivity contribution in [3.05, 3.63) is 77.9 Å². The highest BCUT2D eigenvalue weighted by Gasteiger charge is 2.23. The molecule has 0 amide bonds. The minimum absolute atomic E-state index is 0.201. The third-order valence-electron chi connectivity index (χ3n) is 6.35. The van der Waals surface area contributed by atoms with Crippen LogP contribution < -0.4 is 5.19 Å². The lowest BCUT2D eigenvalue weighted by molar-refractivity contribution is 0.294. The lowest BCUT2D eigenvalue weighted by Gasteiger charge is -2.23. The number of aliphatic hydroxyl groups excluding tert-OH is 1. The summed E-state index contributed by atoms with van der Waals surface area (Å²) in [5.41, 5.74) is 3.17. The number of benzene rings is 3. The van der Waals surface area contributed by atoms with Gasteiger partial charge in [-0.25, -0.2) is 8.78 Å². The zero-order chi connectivity index (χ0) is 23.1. The summed E-state index contributed by atoms with van der Waals surface area (Å²) in [6, 6.07) is 20.0. The van der Waals surface area contributed by atoms with Crippen molar-refractivity contribution in [2.45, 2.75) is 58.2 Å². The monoisotopic (exact) mass is 452 g/mol. The fourth-order valence-corrected chi connectivity index (χ4v) is 6.59. The van der Waals surface area contributed by atoms with Gasteiger partial charge in [-0.05, 0) is 36.0 Å². The van der Waals surface area contributed by atoms with Crippen LogP contribution in [0.25, 0.3) is 22.3 Å². The van der Waals surface area contributed by atoms with Crippen molar-refractivity contribution < 1.29 is 13.9 Å². The molecule has 0 heterocycles. The van der Waals surface area contributed by atoms with E-state index in [2.05, 4.69) is 20.0 Å². The van der Waals surface area contributed by atoms with Crippen molar-refractivity contribution in [1.82, 2.24) is 0 Å². The van der Waals surface area contributed by atoms with Gasteiger partial charge in [0.05, 0.1) is 8.07 Å². The van der Waals surface area contributed by atoms with Crippen LogP contribution in [0.4, 0.5) is 8.78 Å². The molecule has 0 aliphatic rings. The van der Waals surface area contributed by atoms with Crippen LogP contribution in [0.3, 0.4) is 0 Å². The van der Waals surface area contributed by atoms with E-state index in [-0.39, 0.29) is 12.2 Å². The van der Waals surface area contributed by atoms with Gasteiger partial charge in [-0.1, -0.05) is 105 Å². The van der Waals surface area contributed by atoms with Crippen molar-refractivity contribution in [2.75, 3.05) is 6.61 Å². The predicted molar refractivity (Wildman–Crippen MR) is 134 cm³/mol. The van der Waals surface area contributed by atoms with Crippen LogP contribution in [0.2, 0.25) is 19.1 Å². The van der Waals surface area contributed by atoms with Gasteiger partial charge >= 0.3 is 0 Å². The number of aliphatic hydroxyl groups is 1. The van der Waals surface area contributed by atoms with Crippen molar-refractivity contribution in [3.8, 4) is 22.3 Å². The van der Waals surface area contributed by atoms with Gasteiger partial charge in [0, 0.05) is 17.7 Å². The third-order valence-corrected chi connectivity index (χ3v) is 9.85. The molecular weight excluding hydrogens is 418 g/mol. The molecular formula is C28H34F2OSi. The average molecular weight is 453 g/mol. The first kappa shape index (κ1) is 24.3. The number of aryl methyl sites for hydroxylation is 1. The smallest absolute Gasteiger partial charge is 0.167 e. The minimum Gasteiger partial charge on any atom is -0.396 e. The maximum absolute atomic E-state index is 15.0. The molecule has 170 valence electrons. The summed E-state index contributed by atoms with van der Waals surface area (Å²) in [4.78, 5) is 0. The normalized spacial score (nSPS) is 11.7. The molecule has 0 aliphatic carbocycles. The largest absolute Gasteiger partial charge is 0.396 e. The van der Waals surface area contributed by atoms with Crippen molar-refractivity contribution >= 4 is 13.3 Å². The SMILES string of the molecule is CCCCCc1ccc(-c2ccc(-c3ccc([Si](C)(C)CCCO)cc3)c(F)c2F)cc1. The van der Waals surface area contributed by atoms with Gasteiger partial charge in [0.1, 0.15) is 0 Å². The predicted octanol–water partition coefficient (Wildman–Crippen LogP) is 7.33. The van der Waals surface area contributed by atoms with Crippen molar-refractivity contribution in [2.24, 2.45) is 0 Å². The highest BCUT2D eigenvalue weighted by Crippen LogP contribution is 2.31. The van der Waals surface area contributed by atoms with Gasteiger partial charge in [0.2, 0.25) is 0 Å². The van der Waals surface area contributed by atoms with Gasteiger partial charge in [-0.15, -0.1) is 0 Å². The van der Waals surface area contributed by atoms with Gasteiger partial charge < -0.3 is 5.11 Å². The van der Waals surface area contributed by atoms with Crippen LogP contribution in [0.1, 0.15) is 38.2 Å². The van der Waals surface area contributed by atoms with Crippen LogP contribution in [0, 0.1) is 11.6 Å². The van der Waals surface area contributed by atoms with Gasteiger partial charge in [0.15, 0.2) is 11.6 Å². The van der Waals surface area contributed by atoms with E-state index in [4.69, 9.17) is 5.11 Å². The van der Waals surface area contributed by atoms with Crippen molar-refractivity contribution in [3.63, 3.8) is 0 Å². The number of unbranched alkanes of at least 4 members (excludes halogenated alkanes) is 2. The van der Waals surface area contributed by atoms with E-state index in [1.807, 2.05) is 48.5 Å². The molecule has 3 aromatic rings. The summed E-state index contributed by atoms with van der Waals surface area (Å²) >= 11 is 0. The Morgan fingerprint density at radius 1 is 0.719 bits per heavy atom. The summed E-state index contributed by atoms with van der Waals surface area (Å²) in [5.74, 6) is -1.61. The summed E-state index contributed by atoms with van der Waals surface area (Å²) in [5, 5.41) is 10.4. The molecule has 0 unspecified atom stereocenters. The Kier molecular flexibility index (Phi) is 8.38. The van der Waals surface area contributed by atoms with E-state index >= 15 is 4.39 Å². The quantitative estimate of drug-likeness (QED) is 0.252. The molecule has 0 bridgehead atoms. The van der Waals surface area contributed by atoms with Gasteiger partial charge in [-0.3, -0.25) is 0 Å².